The summed E-state index contributed by atoms with van der Waals surface area (Å²) >= 11 is 0. The molecule has 0 saturated carbocycles. The van der Waals surface area contributed by atoms with Gasteiger partial charge in [0.1, 0.15) is 11.2 Å². The minimum absolute atomic E-state index is 0.892. The zero-order valence-corrected chi connectivity index (χ0v) is 34.4. The van der Waals surface area contributed by atoms with E-state index in [1.54, 1.807) is 0 Å². The van der Waals surface area contributed by atoms with Gasteiger partial charge in [-0.1, -0.05) is 170 Å². The number of nitrogens with zero attached hydrogens (tertiary/aromatic N) is 2. The molecule has 0 fully saturated rings. The normalized spacial score (nSPS) is 11.5. The molecule has 0 aliphatic rings. The average Bonchev–Trinajstić information content (AvgIpc) is 3.90. The van der Waals surface area contributed by atoms with Crippen LogP contribution >= 0.6 is 0 Å². The Kier molecular flexibility index (Phi) is 8.83. The van der Waals surface area contributed by atoms with Gasteiger partial charge in [0.05, 0.1) is 16.7 Å². The summed E-state index contributed by atoms with van der Waals surface area (Å²) in [7, 11) is 0. The molecule has 3 nitrogen and oxygen atoms in total. The Labute approximate surface area is 366 Å². The van der Waals surface area contributed by atoms with E-state index in [9.17, 15) is 0 Å². The first kappa shape index (κ1) is 36.5. The van der Waals surface area contributed by atoms with Gasteiger partial charge in [-0.15, -0.1) is 0 Å². The van der Waals surface area contributed by atoms with Crippen molar-refractivity contribution in [2.75, 3.05) is 4.90 Å². The predicted octanol–water partition coefficient (Wildman–Crippen LogP) is 16.8. The van der Waals surface area contributed by atoms with Gasteiger partial charge >= 0.3 is 0 Å². The van der Waals surface area contributed by atoms with E-state index in [4.69, 9.17) is 4.42 Å². The van der Waals surface area contributed by atoms with Crippen LogP contribution in [0.1, 0.15) is 0 Å². The topological polar surface area (TPSA) is 21.3 Å². The Bertz CT molecular complexity index is 3620. The Hall–Kier alpha value is -8.40. The molecule has 296 valence electrons. The molecule has 0 spiro atoms. The van der Waals surface area contributed by atoms with Crippen molar-refractivity contribution in [3.63, 3.8) is 0 Å². The van der Waals surface area contributed by atoms with Gasteiger partial charge in [-0.25, -0.2) is 0 Å². The van der Waals surface area contributed by atoms with E-state index in [0.29, 0.717) is 0 Å². The van der Waals surface area contributed by atoms with Crippen molar-refractivity contribution in [2.24, 2.45) is 0 Å². The minimum atomic E-state index is 0.892. The second-order valence-corrected chi connectivity index (χ2v) is 16.1. The lowest BCUT2D eigenvalue weighted by molar-refractivity contribution is 0.669. The summed E-state index contributed by atoms with van der Waals surface area (Å²) < 4.78 is 8.68. The summed E-state index contributed by atoms with van der Waals surface area (Å²) in [6.45, 7) is 0. The third-order valence-corrected chi connectivity index (χ3v) is 12.4. The second-order valence-electron chi connectivity index (χ2n) is 16.1. The van der Waals surface area contributed by atoms with E-state index in [2.05, 4.69) is 240 Å². The number of aromatic nitrogens is 1. The van der Waals surface area contributed by atoms with Crippen molar-refractivity contribution < 1.29 is 4.42 Å². The molecule has 63 heavy (non-hydrogen) atoms. The lowest BCUT2D eigenvalue weighted by atomic mass is 9.88. The van der Waals surface area contributed by atoms with E-state index in [0.717, 1.165) is 61.4 Å². The van der Waals surface area contributed by atoms with Gasteiger partial charge in [0.2, 0.25) is 0 Å². The van der Waals surface area contributed by atoms with E-state index in [-0.39, 0.29) is 0 Å². The molecule has 0 aliphatic carbocycles. The van der Waals surface area contributed by atoms with Crippen molar-refractivity contribution in [1.29, 1.82) is 0 Å². The fraction of sp³-hybridized carbons (Fsp3) is 0. The molecule has 0 aliphatic heterocycles. The number of rotatable bonds is 8. The van der Waals surface area contributed by atoms with E-state index < -0.39 is 0 Å². The van der Waals surface area contributed by atoms with Gasteiger partial charge in [-0.3, -0.25) is 0 Å². The van der Waals surface area contributed by atoms with Crippen LogP contribution in [0.5, 0.6) is 0 Å². The van der Waals surface area contributed by atoms with Gasteiger partial charge in [-0.2, -0.15) is 0 Å². The molecular formula is C60H40N2O. The molecular weight excluding hydrogens is 765 g/mol. The summed E-state index contributed by atoms with van der Waals surface area (Å²) in [6.07, 6.45) is 0. The number of furan rings is 1. The largest absolute Gasteiger partial charge is 0.456 e. The van der Waals surface area contributed by atoms with Crippen molar-refractivity contribution in [1.82, 2.24) is 4.57 Å². The number of anilines is 3. The number of hydrogen-bond acceptors (Lipinski definition) is 2. The molecule has 0 saturated heterocycles. The van der Waals surface area contributed by atoms with Crippen LogP contribution in [0.15, 0.2) is 247 Å². The lowest BCUT2D eigenvalue weighted by Gasteiger charge is -2.29. The number of fused-ring (bicyclic) bond motifs is 6. The van der Waals surface area contributed by atoms with E-state index in [1.807, 2.05) is 12.1 Å². The highest BCUT2D eigenvalue weighted by Crippen LogP contribution is 2.47. The maximum Gasteiger partial charge on any atom is 0.136 e. The molecule has 0 bridgehead atoms. The molecule has 0 atom stereocenters. The van der Waals surface area contributed by atoms with Crippen LogP contribution in [0.4, 0.5) is 17.1 Å². The van der Waals surface area contributed by atoms with Crippen molar-refractivity contribution in [2.45, 2.75) is 0 Å². The molecule has 2 heterocycles. The van der Waals surface area contributed by atoms with Crippen LogP contribution in [0.2, 0.25) is 0 Å². The molecule has 0 amide bonds. The SMILES string of the molecule is c1ccc(-c2ccccc2-c2ccccc2-c2ccccc2N(c2ccc(-c3ccc4c(c3)oc3ccccc34)cc2)c2ccc3c(c2)c2ccccc2n3-c2ccccc2)cc1. The quantitative estimate of drug-likeness (QED) is 0.153. The Balaban J connectivity index is 1.05. The van der Waals surface area contributed by atoms with Crippen LogP contribution in [0, 0.1) is 0 Å². The monoisotopic (exact) mass is 804 g/mol. The zero-order chi connectivity index (χ0) is 41.7. The number of benzene rings is 10. The minimum Gasteiger partial charge on any atom is -0.456 e. The summed E-state index contributed by atoms with van der Waals surface area (Å²) in [5, 5.41) is 4.68. The van der Waals surface area contributed by atoms with Gasteiger partial charge in [0, 0.05) is 44.2 Å². The maximum absolute atomic E-state index is 6.31. The standard InChI is InChI=1S/C60H40N2O/c1-3-17-42(18-4-1)47-21-7-8-22-48(47)49-23-9-10-24-50(49)51-25-11-14-28-56(51)61(45-34-31-41(32-35-45)43-33-37-54-53-27-13-16-30-59(53)63-60(54)39-43)46-36-38-58-55(40-46)52-26-12-15-29-57(52)62(58)44-19-5-2-6-20-44/h1-40H. The molecule has 0 unspecified atom stereocenters. The number of hydrogen-bond donors (Lipinski definition) is 0. The highest BCUT2D eigenvalue weighted by Gasteiger charge is 2.22. The van der Waals surface area contributed by atoms with Crippen molar-refractivity contribution >= 4 is 60.8 Å². The van der Waals surface area contributed by atoms with Gasteiger partial charge < -0.3 is 13.9 Å². The van der Waals surface area contributed by atoms with Crippen LogP contribution in [-0.4, -0.2) is 4.57 Å². The third kappa shape index (κ3) is 6.29. The van der Waals surface area contributed by atoms with Crippen LogP contribution in [-0.2, 0) is 0 Å². The Morgan fingerprint density at radius 2 is 0.841 bits per heavy atom. The summed E-state index contributed by atoms with van der Waals surface area (Å²) in [5.41, 5.74) is 17.8. The van der Waals surface area contributed by atoms with Crippen molar-refractivity contribution in [3.05, 3.63) is 243 Å². The van der Waals surface area contributed by atoms with Gasteiger partial charge in [0.25, 0.3) is 0 Å². The first-order valence-corrected chi connectivity index (χ1v) is 21.5. The fourth-order valence-corrected chi connectivity index (χ4v) is 9.53. The summed E-state index contributed by atoms with van der Waals surface area (Å²) in [4.78, 5) is 2.43. The molecule has 12 rings (SSSR count). The van der Waals surface area contributed by atoms with Gasteiger partial charge in [0.15, 0.2) is 0 Å². The smallest absolute Gasteiger partial charge is 0.136 e. The molecule has 0 N–H and O–H groups in total. The van der Waals surface area contributed by atoms with Crippen LogP contribution in [0.3, 0.4) is 0 Å². The fourth-order valence-electron chi connectivity index (χ4n) is 9.53. The van der Waals surface area contributed by atoms with Gasteiger partial charge in [-0.05, 0) is 112 Å². The zero-order valence-electron chi connectivity index (χ0n) is 34.4. The first-order valence-electron chi connectivity index (χ1n) is 21.5. The maximum atomic E-state index is 6.31. The third-order valence-electron chi connectivity index (χ3n) is 12.4. The highest BCUT2D eigenvalue weighted by atomic mass is 16.3. The number of para-hydroxylation sites is 4. The lowest BCUT2D eigenvalue weighted by Crippen LogP contribution is -2.11. The predicted molar refractivity (Wildman–Crippen MR) is 264 cm³/mol. The molecule has 2 aromatic heterocycles. The molecule has 3 heteroatoms. The van der Waals surface area contributed by atoms with Crippen molar-refractivity contribution in [3.8, 4) is 50.2 Å². The summed E-state index contributed by atoms with van der Waals surface area (Å²) in [6, 6.07) is 87.2. The highest BCUT2D eigenvalue weighted by molar-refractivity contribution is 6.11. The second kappa shape index (κ2) is 15.3. The Morgan fingerprint density at radius 1 is 0.302 bits per heavy atom. The molecule has 12 aromatic rings. The summed E-state index contributed by atoms with van der Waals surface area (Å²) in [5.74, 6) is 0. The van der Waals surface area contributed by atoms with E-state index >= 15 is 0 Å². The first-order chi connectivity index (χ1) is 31.3. The van der Waals surface area contributed by atoms with E-state index in [1.165, 1.54) is 49.6 Å². The molecule has 0 radical (unpaired) electrons. The molecule has 10 aromatic carbocycles. The Morgan fingerprint density at radius 3 is 1.62 bits per heavy atom. The van der Waals surface area contributed by atoms with Crippen LogP contribution < -0.4 is 4.90 Å². The average molecular weight is 805 g/mol. The van der Waals surface area contributed by atoms with Crippen LogP contribution in [0.25, 0.3) is 93.9 Å².